The molecule has 2 aromatic rings. The molecule has 0 aliphatic heterocycles. The van der Waals surface area contributed by atoms with E-state index in [4.69, 9.17) is 4.74 Å². The normalized spacial score (nSPS) is 11.3. The maximum absolute atomic E-state index is 13.1. The highest BCUT2D eigenvalue weighted by molar-refractivity contribution is 14.1. The molecule has 0 aromatic heterocycles. The zero-order valence-corrected chi connectivity index (χ0v) is 13.7. The summed E-state index contributed by atoms with van der Waals surface area (Å²) in [4.78, 5) is 11.5. The molecule has 0 spiro atoms. The van der Waals surface area contributed by atoms with Crippen LogP contribution in [0.5, 0.6) is 5.75 Å². The van der Waals surface area contributed by atoms with Crippen molar-refractivity contribution in [3.05, 3.63) is 62.7 Å². The molecule has 0 N–H and O–H groups in total. The summed E-state index contributed by atoms with van der Waals surface area (Å²) < 4.78 is 45.0. The van der Waals surface area contributed by atoms with Gasteiger partial charge in [-0.15, -0.1) is 0 Å². The second kappa shape index (κ2) is 6.68. The van der Waals surface area contributed by atoms with Gasteiger partial charge in [-0.3, -0.25) is 4.79 Å². The van der Waals surface area contributed by atoms with E-state index in [0.29, 0.717) is 0 Å². The van der Waals surface area contributed by atoms with Crippen LogP contribution in [0.4, 0.5) is 13.2 Å². The van der Waals surface area contributed by atoms with Crippen LogP contribution in [0, 0.1) is 3.57 Å². The lowest BCUT2D eigenvalue weighted by molar-refractivity contribution is -0.138. The maximum Gasteiger partial charge on any atom is 0.417 e. The number of carbonyl (C=O) groups excluding carboxylic acids is 1. The van der Waals surface area contributed by atoms with Gasteiger partial charge in [-0.05, 0) is 47.2 Å². The van der Waals surface area contributed by atoms with Gasteiger partial charge in [0.1, 0.15) is 12.4 Å². The first kappa shape index (κ1) is 16.8. The molecule has 0 saturated carbocycles. The molecule has 0 bridgehead atoms. The Labute approximate surface area is 139 Å². The van der Waals surface area contributed by atoms with E-state index in [1.807, 2.05) is 30.3 Å². The van der Waals surface area contributed by atoms with Gasteiger partial charge < -0.3 is 4.74 Å². The SMILES string of the molecule is CC(=O)c1c(I)cc(OCc2ccccc2)cc1C(F)(F)F. The Balaban J connectivity index is 2.34. The van der Waals surface area contributed by atoms with E-state index in [1.54, 1.807) is 22.6 Å². The Hall–Kier alpha value is -1.57. The van der Waals surface area contributed by atoms with Crippen molar-refractivity contribution in [3.8, 4) is 5.75 Å². The summed E-state index contributed by atoms with van der Waals surface area (Å²) in [7, 11) is 0. The van der Waals surface area contributed by atoms with Crippen LogP contribution in [0.1, 0.15) is 28.4 Å². The Kier molecular flexibility index (Phi) is 5.10. The lowest BCUT2D eigenvalue weighted by Crippen LogP contribution is -2.14. The summed E-state index contributed by atoms with van der Waals surface area (Å²) in [5, 5.41) is 0. The molecular weight excluding hydrogens is 408 g/mol. The molecule has 0 amide bonds. The van der Waals surface area contributed by atoms with Crippen LogP contribution >= 0.6 is 22.6 Å². The molecule has 2 aromatic carbocycles. The number of halogens is 4. The molecule has 116 valence electrons. The van der Waals surface area contributed by atoms with Gasteiger partial charge in [0.2, 0.25) is 0 Å². The van der Waals surface area contributed by atoms with Crippen LogP contribution in [-0.2, 0) is 12.8 Å². The summed E-state index contributed by atoms with van der Waals surface area (Å²) in [6, 6.07) is 11.4. The monoisotopic (exact) mass is 420 g/mol. The van der Waals surface area contributed by atoms with E-state index in [0.717, 1.165) is 18.6 Å². The van der Waals surface area contributed by atoms with Gasteiger partial charge >= 0.3 is 6.18 Å². The van der Waals surface area contributed by atoms with E-state index in [2.05, 4.69) is 0 Å². The van der Waals surface area contributed by atoms with Gasteiger partial charge in [0.15, 0.2) is 5.78 Å². The van der Waals surface area contributed by atoms with Crippen molar-refractivity contribution < 1.29 is 22.7 Å². The zero-order valence-electron chi connectivity index (χ0n) is 11.6. The summed E-state index contributed by atoms with van der Waals surface area (Å²) in [6.07, 6.45) is -4.60. The number of alkyl halides is 3. The summed E-state index contributed by atoms with van der Waals surface area (Å²) in [5.74, 6) is -0.531. The third-order valence-corrected chi connectivity index (χ3v) is 3.82. The van der Waals surface area contributed by atoms with E-state index < -0.39 is 17.5 Å². The van der Waals surface area contributed by atoms with Crippen LogP contribution in [0.25, 0.3) is 0 Å². The largest absolute Gasteiger partial charge is 0.489 e. The van der Waals surface area contributed by atoms with Crippen molar-refractivity contribution in [1.82, 2.24) is 0 Å². The highest BCUT2D eigenvalue weighted by atomic mass is 127. The van der Waals surface area contributed by atoms with Crippen LogP contribution in [-0.4, -0.2) is 5.78 Å². The lowest BCUT2D eigenvalue weighted by Gasteiger charge is -2.15. The van der Waals surface area contributed by atoms with Crippen LogP contribution < -0.4 is 4.74 Å². The zero-order chi connectivity index (χ0) is 16.3. The molecule has 0 fully saturated rings. The number of ketones is 1. The van der Waals surface area contributed by atoms with Crippen LogP contribution in [0.2, 0.25) is 0 Å². The average molecular weight is 420 g/mol. The maximum atomic E-state index is 13.1. The molecule has 22 heavy (non-hydrogen) atoms. The fraction of sp³-hybridized carbons (Fsp3) is 0.188. The second-order valence-corrected chi connectivity index (χ2v) is 5.82. The molecule has 0 aliphatic carbocycles. The number of hydrogen-bond acceptors (Lipinski definition) is 2. The molecule has 0 aliphatic rings. The van der Waals surface area contributed by atoms with Gasteiger partial charge in [-0.1, -0.05) is 30.3 Å². The molecular formula is C16H12F3IO2. The van der Waals surface area contributed by atoms with E-state index in [9.17, 15) is 18.0 Å². The molecule has 0 atom stereocenters. The minimum Gasteiger partial charge on any atom is -0.489 e. The van der Waals surface area contributed by atoms with E-state index in [-0.39, 0.29) is 21.5 Å². The van der Waals surface area contributed by atoms with Crippen molar-refractivity contribution in [2.45, 2.75) is 19.7 Å². The summed E-state index contributed by atoms with van der Waals surface area (Å²) in [6.45, 7) is 1.28. The van der Waals surface area contributed by atoms with Gasteiger partial charge in [-0.2, -0.15) is 13.2 Å². The molecule has 0 saturated heterocycles. The molecule has 0 radical (unpaired) electrons. The summed E-state index contributed by atoms with van der Waals surface area (Å²) in [5.41, 5.74) is -0.433. The van der Waals surface area contributed by atoms with Gasteiger partial charge in [-0.25, -0.2) is 0 Å². The van der Waals surface area contributed by atoms with Crippen molar-refractivity contribution >= 4 is 28.4 Å². The highest BCUT2D eigenvalue weighted by Crippen LogP contribution is 2.37. The number of carbonyl (C=O) groups is 1. The first-order valence-corrected chi connectivity index (χ1v) is 7.45. The standard InChI is InChI=1S/C16H12F3IO2/c1-10(21)15-13(16(17,18)19)7-12(8-14(15)20)22-9-11-5-3-2-4-6-11/h2-8H,9H2,1H3. The molecule has 0 unspecified atom stereocenters. The lowest BCUT2D eigenvalue weighted by atomic mass is 10.0. The number of rotatable bonds is 4. The third-order valence-electron chi connectivity index (χ3n) is 2.97. The van der Waals surface area contributed by atoms with Crippen molar-refractivity contribution in [2.75, 3.05) is 0 Å². The van der Waals surface area contributed by atoms with E-state index in [1.165, 1.54) is 6.07 Å². The summed E-state index contributed by atoms with van der Waals surface area (Å²) >= 11 is 1.72. The minimum atomic E-state index is -4.60. The molecule has 0 heterocycles. The quantitative estimate of drug-likeness (QED) is 0.509. The minimum absolute atomic E-state index is 0.0885. The van der Waals surface area contributed by atoms with Crippen molar-refractivity contribution in [1.29, 1.82) is 0 Å². The predicted octanol–water partition coefficient (Wildman–Crippen LogP) is 5.09. The Morgan fingerprint density at radius 3 is 2.36 bits per heavy atom. The highest BCUT2D eigenvalue weighted by Gasteiger charge is 2.36. The van der Waals surface area contributed by atoms with Crippen molar-refractivity contribution in [3.63, 3.8) is 0 Å². The average Bonchev–Trinajstić information content (AvgIpc) is 2.44. The first-order valence-electron chi connectivity index (χ1n) is 6.37. The van der Waals surface area contributed by atoms with Crippen molar-refractivity contribution in [2.24, 2.45) is 0 Å². The van der Waals surface area contributed by atoms with E-state index >= 15 is 0 Å². The first-order chi connectivity index (χ1) is 10.3. The smallest absolute Gasteiger partial charge is 0.417 e. The third kappa shape index (κ3) is 4.00. The molecule has 6 heteroatoms. The van der Waals surface area contributed by atoms with Gasteiger partial charge in [0, 0.05) is 9.13 Å². The van der Waals surface area contributed by atoms with Gasteiger partial charge in [0.25, 0.3) is 0 Å². The van der Waals surface area contributed by atoms with Crippen LogP contribution in [0.15, 0.2) is 42.5 Å². The fourth-order valence-electron chi connectivity index (χ4n) is 1.99. The molecule has 2 rings (SSSR count). The topological polar surface area (TPSA) is 26.3 Å². The number of benzene rings is 2. The fourth-order valence-corrected chi connectivity index (χ4v) is 2.96. The second-order valence-electron chi connectivity index (χ2n) is 4.66. The van der Waals surface area contributed by atoms with Crippen LogP contribution in [0.3, 0.4) is 0 Å². The Bertz CT molecular complexity index is 682. The Morgan fingerprint density at radius 1 is 1.18 bits per heavy atom. The Morgan fingerprint density at radius 2 is 1.82 bits per heavy atom. The van der Waals surface area contributed by atoms with Gasteiger partial charge in [0.05, 0.1) is 5.56 Å². The number of Topliss-reactive ketones (excluding diaryl/α,β-unsaturated/α-hetero) is 1. The number of hydrogen-bond donors (Lipinski definition) is 0. The predicted molar refractivity (Wildman–Crippen MR) is 84.9 cm³/mol. The molecule has 2 nitrogen and oxygen atoms in total. The number of ether oxygens (including phenoxy) is 1.